The SMILES string of the molecule is CC(C=CC(C)c1ccc(S(=O)(=O)[O-])cc1)c1ccccc1.[Na+]. The Kier molecular flexibility index (Phi) is 7.71. The molecule has 0 heterocycles. The zero-order valence-electron chi connectivity index (χ0n) is 13.6. The summed E-state index contributed by atoms with van der Waals surface area (Å²) in [7, 11) is -4.38. The Morgan fingerprint density at radius 1 is 0.826 bits per heavy atom. The zero-order valence-corrected chi connectivity index (χ0v) is 16.5. The molecule has 3 nitrogen and oxygen atoms in total. The van der Waals surface area contributed by atoms with Gasteiger partial charge < -0.3 is 4.55 Å². The second kappa shape index (κ2) is 8.81. The smallest absolute Gasteiger partial charge is 0.744 e. The van der Waals surface area contributed by atoms with Crippen LogP contribution in [0.3, 0.4) is 0 Å². The van der Waals surface area contributed by atoms with Gasteiger partial charge in [-0.2, -0.15) is 0 Å². The van der Waals surface area contributed by atoms with E-state index in [0.717, 1.165) is 5.56 Å². The average molecular weight is 338 g/mol. The van der Waals surface area contributed by atoms with Crippen LogP contribution in [-0.4, -0.2) is 13.0 Å². The van der Waals surface area contributed by atoms with Crippen molar-refractivity contribution in [3.05, 3.63) is 77.9 Å². The molecule has 0 N–H and O–H groups in total. The summed E-state index contributed by atoms with van der Waals surface area (Å²) in [6, 6.07) is 16.3. The van der Waals surface area contributed by atoms with Gasteiger partial charge in [-0.05, 0) is 35.1 Å². The molecule has 2 aromatic carbocycles. The standard InChI is InChI=1S/C18H20O3S.Na/c1-14(16-6-4-3-5-7-16)8-9-15(2)17-10-12-18(13-11-17)22(19,20)21;/h3-15H,1-2H3,(H,19,20,21);/q;+1/p-1. The second-order valence-corrected chi connectivity index (χ2v) is 6.78. The van der Waals surface area contributed by atoms with Crippen molar-refractivity contribution in [3.8, 4) is 0 Å². The van der Waals surface area contributed by atoms with Crippen LogP contribution in [0.4, 0.5) is 0 Å². The molecule has 5 heteroatoms. The van der Waals surface area contributed by atoms with E-state index in [4.69, 9.17) is 0 Å². The molecule has 0 fully saturated rings. The summed E-state index contributed by atoms with van der Waals surface area (Å²) in [4.78, 5) is -0.190. The molecule has 0 saturated carbocycles. The summed E-state index contributed by atoms with van der Waals surface area (Å²) in [5, 5.41) is 0. The van der Waals surface area contributed by atoms with Crippen LogP contribution in [0.25, 0.3) is 0 Å². The van der Waals surface area contributed by atoms with Crippen LogP contribution >= 0.6 is 0 Å². The van der Waals surface area contributed by atoms with Gasteiger partial charge in [0.25, 0.3) is 0 Å². The minimum Gasteiger partial charge on any atom is -0.744 e. The van der Waals surface area contributed by atoms with Crippen LogP contribution in [0, 0.1) is 0 Å². The minimum atomic E-state index is -4.38. The molecule has 2 unspecified atom stereocenters. The number of benzene rings is 2. The first kappa shape index (κ1) is 20.1. The van der Waals surface area contributed by atoms with Crippen LogP contribution in [0.1, 0.15) is 36.8 Å². The summed E-state index contributed by atoms with van der Waals surface area (Å²) in [5.41, 5.74) is 2.22. The molecule has 23 heavy (non-hydrogen) atoms. The molecule has 0 bridgehead atoms. The van der Waals surface area contributed by atoms with Crippen molar-refractivity contribution in [1.82, 2.24) is 0 Å². The van der Waals surface area contributed by atoms with Gasteiger partial charge in [0.1, 0.15) is 10.1 Å². The third kappa shape index (κ3) is 5.90. The van der Waals surface area contributed by atoms with Crippen molar-refractivity contribution >= 4 is 10.1 Å². The molecule has 0 spiro atoms. The maximum Gasteiger partial charge on any atom is 1.00 e. The third-order valence-electron chi connectivity index (χ3n) is 3.71. The van der Waals surface area contributed by atoms with Crippen molar-refractivity contribution in [2.24, 2.45) is 0 Å². The second-order valence-electron chi connectivity index (χ2n) is 5.40. The van der Waals surface area contributed by atoms with Gasteiger partial charge in [0.05, 0.1) is 4.90 Å². The van der Waals surface area contributed by atoms with Gasteiger partial charge in [0.2, 0.25) is 0 Å². The number of allylic oxidation sites excluding steroid dienone is 2. The summed E-state index contributed by atoms with van der Waals surface area (Å²) >= 11 is 0. The molecular weight excluding hydrogens is 319 g/mol. The molecule has 0 aromatic heterocycles. The molecule has 0 aliphatic rings. The Hall–Kier alpha value is -0.910. The first-order chi connectivity index (χ1) is 10.4. The van der Waals surface area contributed by atoms with Crippen LogP contribution in [-0.2, 0) is 10.1 Å². The van der Waals surface area contributed by atoms with Gasteiger partial charge in [0.15, 0.2) is 0 Å². The normalized spacial score (nSPS) is 14.2. The fourth-order valence-corrected chi connectivity index (χ4v) is 2.72. The van der Waals surface area contributed by atoms with Gasteiger partial charge in [-0.25, -0.2) is 8.42 Å². The largest absolute Gasteiger partial charge is 1.00 e. The Morgan fingerprint density at radius 2 is 1.26 bits per heavy atom. The summed E-state index contributed by atoms with van der Waals surface area (Å²) < 4.78 is 32.7. The van der Waals surface area contributed by atoms with Crippen LogP contribution in [0.15, 0.2) is 71.6 Å². The zero-order chi connectivity index (χ0) is 16.2. The quantitative estimate of drug-likeness (QED) is 0.465. The van der Waals surface area contributed by atoms with E-state index in [1.165, 1.54) is 17.7 Å². The van der Waals surface area contributed by atoms with E-state index in [-0.39, 0.29) is 40.4 Å². The Bertz CT molecular complexity index is 738. The molecule has 2 rings (SSSR count). The number of hydrogen-bond donors (Lipinski definition) is 0. The summed E-state index contributed by atoms with van der Waals surface area (Å²) in [5.74, 6) is 0.458. The van der Waals surface area contributed by atoms with E-state index in [2.05, 4.69) is 31.2 Å². The van der Waals surface area contributed by atoms with E-state index in [9.17, 15) is 13.0 Å². The van der Waals surface area contributed by atoms with Crippen molar-refractivity contribution in [3.63, 3.8) is 0 Å². The van der Waals surface area contributed by atoms with E-state index >= 15 is 0 Å². The Labute approximate surface area is 160 Å². The van der Waals surface area contributed by atoms with E-state index in [1.807, 2.05) is 25.1 Å². The maximum atomic E-state index is 10.9. The molecule has 0 saturated heterocycles. The molecule has 0 aliphatic heterocycles. The van der Waals surface area contributed by atoms with Gasteiger partial charge in [-0.3, -0.25) is 0 Å². The average Bonchev–Trinajstić information content (AvgIpc) is 2.52. The monoisotopic (exact) mass is 338 g/mol. The van der Waals surface area contributed by atoms with E-state index in [1.54, 1.807) is 12.1 Å². The van der Waals surface area contributed by atoms with Crippen LogP contribution in [0.2, 0.25) is 0 Å². The fourth-order valence-electron chi connectivity index (χ4n) is 2.25. The summed E-state index contributed by atoms with van der Waals surface area (Å²) in [6.45, 7) is 4.17. The molecular formula is C18H19NaO3S. The Morgan fingerprint density at radius 3 is 1.70 bits per heavy atom. The van der Waals surface area contributed by atoms with Gasteiger partial charge in [-0.15, -0.1) is 0 Å². The first-order valence-corrected chi connectivity index (χ1v) is 8.58. The van der Waals surface area contributed by atoms with E-state index < -0.39 is 10.1 Å². The van der Waals surface area contributed by atoms with Crippen molar-refractivity contribution in [2.75, 3.05) is 0 Å². The minimum absolute atomic E-state index is 0. The summed E-state index contributed by atoms with van der Waals surface area (Å²) in [6.07, 6.45) is 4.23. The van der Waals surface area contributed by atoms with Gasteiger partial charge in [0, 0.05) is 0 Å². The van der Waals surface area contributed by atoms with Crippen molar-refractivity contribution in [2.45, 2.75) is 30.6 Å². The van der Waals surface area contributed by atoms with Gasteiger partial charge in [-0.1, -0.05) is 68.5 Å². The first-order valence-electron chi connectivity index (χ1n) is 7.17. The molecule has 116 valence electrons. The predicted octanol–water partition coefficient (Wildman–Crippen LogP) is 1.06. The van der Waals surface area contributed by atoms with Crippen molar-refractivity contribution < 1.29 is 42.5 Å². The molecule has 2 aromatic rings. The molecule has 2 atom stereocenters. The van der Waals surface area contributed by atoms with Crippen LogP contribution < -0.4 is 29.6 Å². The van der Waals surface area contributed by atoms with Gasteiger partial charge >= 0.3 is 29.6 Å². The maximum absolute atomic E-state index is 10.9. The fraction of sp³-hybridized carbons (Fsp3) is 0.222. The molecule has 0 amide bonds. The van der Waals surface area contributed by atoms with Crippen molar-refractivity contribution in [1.29, 1.82) is 0 Å². The number of hydrogen-bond acceptors (Lipinski definition) is 3. The predicted molar refractivity (Wildman–Crippen MR) is 86.8 cm³/mol. The third-order valence-corrected chi connectivity index (χ3v) is 4.56. The number of rotatable bonds is 5. The van der Waals surface area contributed by atoms with Crippen LogP contribution in [0.5, 0.6) is 0 Å². The Balaban J connectivity index is 0.00000264. The molecule has 0 radical (unpaired) electrons. The van der Waals surface area contributed by atoms with E-state index in [0.29, 0.717) is 5.92 Å². The molecule has 0 aliphatic carbocycles. The topological polar surface area (TPSA) is 57.2 Å².